The van der Waals surface area contributed by atoms with Gasteiger partial charge >= 0.3 is 5.97 Å². The van der Waals surface area contributed by atoms with Crippen molar-refractivity contribution in [1.29, 1.82) is 0 Å². The fraction of sp³-hybridized carbons (Fsp3) is 0.250. The molecule has 0 saturated heterocycles. The highest BCUT2D eigenvalue weighted by molar-refractivity contribution is 7.92. The summed E-state index contributed by atoms with van der Waals surface area (Å²) in [4.78, 5) is 14.5. The Labute approximate surface area is 121 Å². The predicted octanol–water partition coefficient (Wildman–Crippen LogP) is 0.931. The van der Waals surface area contributed by atoms with E-state index in [9.17, 15) is 13.2 Å². The van der Waals surface area contributed by atoms with E-state index >= 15 is 0 Å². The van der Waals surface area contributed by atoms with Gasteiger partial charge < -0.3 is 5.11 Å². The first kappa shape index (κ1) is 15.0. The third-order valence-corrected chi connectivity index (χ3v) is 4.58. The zero-order chi connectivity index (χ0) is 15.8. The molecule has 0 spiro atoms. The van der Waals surface area contributed by atoms with Gasteiger partial charge in [-0.1, -0.05) is 0 Å². The third-order valence-electron chi connectivity index (χ3n) is 2.95. The quantitative estimate of drug-likeness (QED) is 0.868. The number of aromatic nitrogens is 3. The van der Waals surface area contributed by atoms with Gasteiger partial charge in [-0.05, 0) is 26.0 Å². The standard InChI is InChI=1S/C12H14N4O4S/c1-7-11(8(2)16(3)14-7)21(19,20)15-9-4-5-10(12(17)18)13-6-9/h4-6,15H,1-3H3,(H,17,18). The number of carboxylic acids is 1. The second kappa shape index (κ2) is 5.17. The average molecular weight is 310 g/mol. The molecule has 0 amide bonds. The van der Waals surface area contributed by atoms with E-state index < -0.39 is 16.0 Å². The van der Waals surface area contributed by atoms with Gasteiger partial charge in [-0.15, -0.1) is 0 Å². The molecule has 112 valence electrons. The number of pyridine rings is 1. The maximum absolute atomic E-state index is 12.4. The summed E-state index contributed by atoms with van der Waals surface area (Å²) in [5.74, 6) is -1.18. The van der Waals surface area contributed by atoms with Crippen molar-refractivity contribution in [1.82, 2.24) is 14.8 Å². The Kier molecular flexibility index (Phi) is 3.69. The van der Waals surface area contributed by atoms with Crippen molar-refractivity contribution in [2.75, 3.05) is 4.72 Å². The van der Waals surface area contributed by atoms with Crippen molar-refractivity contribution in [2.45, 2.75) is 18.7 Å². The maximum Gasteiger partial charge on any atom is 0.354 e. The zero-order valence-electron chi connectivity index (χ0n) is 11.7. The van der Waals surface area contributed by atoms with Gasteiger partial charge in [0, 0.05) is 7.05 Å². The fourth-order valence-electron chi connectivity index (χ4n) is 1.93. The number of aryl methyl sites for hydroxylation is 2. The summed E-state index contributed by atoms with van der Waals surface area (Å²) in [7, 11) is -2.15. The van der Waals surface area contributed by atoms with Crippen LogP contribution in [0, 0.1) is 13.8 Å². The first-order chi connectivity index (χ1) is 9.72. The summed E-state index contributed by atoms with van der Waals surface area (Å²) in [6, 6.07) is 2.57. The molecule has 0 unspecified atom stereocenters. The Morgan fingerprint density at radius 2 is 2.00 bits per heavy atom. The number of hydrogen-bond donors (Lipinski definition) is 2. The molecule has 9 heteroatoms. The molecule has 2 N–H and O–H groups in total. The van der Waals surface area contributed by atoms with Gasteiger partial charge in [0.15, 0.2) is 0 Å². The highest BCUT2D eigenvalue weighted by atomic mass is 32.2. The first-order valence-corrected chi connectivity index (χ1v) is 7.43. The molecule has 0 radical (unpaired) electrons. The van der Waals surface area contributed by atoms with E-state index in [1.165, 1.54) is 16.8 Å². The molecule has 8 nitrogen and oxygen atoms in total. The van der Waals surface area contributed by atoms with E-state index in [0.717, 1.165) is 6.20 Å². The molecule has 0 aliphatic heterocycles. The number of nitrogens with zero attached hydrogens (tertiary/aromatic N) is 3. The monoisotopic (exact) mass is 310 g/mol. The van der Waals surface area contributed by atoms with E-state index in [-0.39, 0.29) is 16.3 Å². The molecule has 0 aliphatic carbocycles. The van der Waals surface area contributed by atoms with Crippen molar-refractivity contribution in [2.24, 2.45) is 7.05 Å². The van der Waals surface area contributed by atoms with Gasteiger partial charge in [-0.3, -0.25) is 9.40 Å². The van der Waals surface area contributed by atoms with Gasteiger partial charge in [0.2, 0.25) is 0 Å². The number of sulfonamides is 1. The number of carbonyl (C=O) groups is 1. The Morgan fingerprint density at radius 3 is 2.43 bits per heavy atom. The second-order valence-corrected chi connectivity index (χ2v) is 6.09. The highest BCUT2D eigenvalue weighted by Gasteiger charge is 2.24. The normalized spacial score (nSPS) is 11.4. The van der Waals surface area contributed by atoms with Crippen LogP contribution in [0.3, 0.4) is 0 Å². The van der Waals surface area contributed by atoms with E-state index in [4.69, 9.17) is 5.11 Å². The van der Waals surface area contributed by atoms with Gasteiger partial charge in [0.25, 0.3) is 10.0 Å². The fourth-order valence-corrected chi connectivity index (χ4v) is 3.41. The summed E-state index contributed by atoms with van der Waals surface area (Å²) in [6.45, 7) is 3.26. The average Bonchev–Trinajstić information content (AvgIpc) is 2.63. The van der Waals surface area contributed by atoms with Gasteiger partial charge in [0.1, 0.15) is 10.6 Å². The Morgan fingerprint density at radius 1 is 1.33 bits per heavy atom. The smallest absolute Gasteiger partial charge is 0.354 e. The SMILES string of the molecule is Cc1nn(C)c(C)c1S(=O)(=O)Nc1ccc(C(=O)O)nc1. The van der Waals surface area contributed by atoms with Crippen molar-refractivity contribution in [3.05, 3.63) is 35.4 Å². The van der Waals surface area contributed by atoms with E-state index in [1.807, 2.05) is 0 Å². The minimum absolute atomic E-state index is 0.104. The lowest BCUT2D eigenvalue weighted by molar-refractivity contribution is 0.0690. The van der Waals surface area contributed by atoms with Crippen LogP contribution in [0.4, 0.5) is 5.69 Å². The van der Waals surface area contributed by atoms with Gasteiger partial charge in [0.05, 0.1) is 23.3 Å². The van der Waals surface area contributed by atoms with Crippen molar-refractivity contribution >= 4 is 21.7 Å². The topological polar surface area (TPSA) is 114 Å². The molecule has 0 saturated carbocycles. The van der Waals surface area contributed by atoms with Crippen LogP contribution in [0.1, 0.15) is 21.9 Å². The van der Waals surface area contributed by atoms with E-state index in [2.05, 4.69) is 14.8 Å². The second-order valence-electron chi connectivity index (χ2n) is 4.47. The molecular weight excluding hydrogens is 296 g/mol. The summed E-state index contributed by atoms with van der Waals surface area (Å²) in [5.41, 5.74) is 0.919. The lowest BCUT2D eigenvalue weighted by Crippen LogP contribution is -2.15. The van der Waals surface area contributed by atoms with E-state index in [0.29, 0.717) is 11.4 Å². The van der Waals surface area contributed by atoms with Gasteiger partial charge in [-0.25, -0.2) is 18.2 Å². The summed E-state index contributed by atoms with van der Waals surface area (Å²) >= 11 is 0. The maximum atomic E-state index is 12.4. The molecule has 2 aromatic heterocycles. The lowest BCUT2D eigenvalue weighted by Gasteiger charge is -2.08. The molecule has 0 atom stereocenters. The third kappa shape index (κ3) is 2.87. The summed E-state index contributed by atoms with van der Waals surface area (Å²) < 4.78 is 28.6. The number of rotatable bonds is 4. The molecule has 2 aromatic rings. The number of aromatic carboxylic acids is 1. The highest BCUT2D eigenvalue weighted by Crippen LogP contribution is 2.21. The Bertz CT molecular complexity index is 793. The van der Waals surface area contributed by atoms with Crippen LogP contribution >= 0.6 is 0 Å². The van der Waals surface area contributed by atoms with Crippen LogP contribution in [0.2, 0.25) is 0 Å². The minimum atomic E-state index is -3.81. The van der Waals surface area contributed by atoms with Crippen molar-refractivity contribution in [3.63, 3.8) is 0 Å². The van der Waals surface area contributed by atoms with Crippen LogP contribution in [-0.2, 0) is 17.1 Å². The van der Waals surface area contributed by atoms with Crippen LogP contribution in [0.15, 0.2) is 23.2 Å². The number of anilines is 1. The van der Waals surface area contributed by atoms with Crippen LogP contribution in [0.5, 0.6) is 0 Å². The molecule has 0 bridgehead atoms. The molecule has 21 heavy (non-hydrogen) atoms. The molecular formula is C12H14N4O4S. The van der Waals surface area contributed by atoms with Crippen LogP contribution in [0.25, 0.3) is 0 Å². The summed E-state index contributed by atoms with van der Waals surface area (Å²) in [6.07, 6.45) is 1.15. The first-order valence-electron chi connectivity index (χ1n) is 5.94. The van der Waals surface area contributed by atoms with Crippen molar-refractivity contribution < 1.29 is 18.3 Å². The van der Waals surface area contributed by atoms with Crippen molar-refractivity contribution in [3.8, 4) is 0 Å². The molecule has 0 aromatic carbocycles. The number of hydrogen-bond acceptors (Lipinski definition) is 5. The van der Waals surface area contributed by atoms with E-state index in [1.54, 1.807) is 20.9 Å². The molecule has 0 aliphatic rings. The Hall–Kier alpha value is -2.42. The Balaban J connectivity index is 2.35. The zero-order valence-corrected chi connectivity index (χ0v) is 12.5. The molecule has 0 fully saturated rings. The van der Waals surface area contributed by atoms with Crippen LogP contribution < -0.4 is 4.72 Å². The predicted molar refractivity (Wildman–Crippen MR) is 74.7 cm³/mol. The molecule has 2 heterocycles. The number of nitrogens with one attached hydrogen (secondary N) is 1. The lowest BCUT2D eigenvalue weighted by atomic mass is 10.3. The van der Waals surface area contributed by atoms with Gasteiger partial charge in [-0.2, -0.15) is 5.10 Å². The molecule has 2 rings (SSSR count). The summed E-state index contributed by atoms with van der Waals surface area (Å²) in [5, 5.41) is 12.8. The number of carboxylic acid groups (broad SMARTS) is 1. The minimum Gasteiger partial charge on any atom is -0.477 e. The van der Waals surface area contributed by atoms with Crippen LogP contribution in [-0.4, -0.2) is 34.3 Å². The largest absolute Gasteiger partial charge is 0.477 e.